The predicted molar refractivity (Wildman–Crippen MR) is 102 cm³/mol. The Kier molecular flexibility index (Phi) is 6.50. The highest BCUT2D eigenvalue weighted by Crippen LogP contribution is 2.31. The minimum absolute atomic E-state index is 0.00821. The molecule has 1 unspecified atom stereocenters. The van der Waals surface area contributed by atoms with Crippen LogP contribution < -0.4 is 20.7 Å². The molecule has 0 aromatic heterocycles. The van der Waals surface area contributed by atoms with Gasteiger partial charge in [0.2, 0.25) is 11.8 Å². The molecule has 2 aliphatic rings. The molecule has 1 heterocycles. The number of ether oxygens (including phenoxy) is 1. The molecular weight excluding hydrogens is 330 g/mol. The summed E-state index contributed by atoms with van der Waals surface area (Å²) in [5.41, 5.74) is 1.29. The van der Waals surface area contributed by atoms with Crippen LogP contribution >= 0.6 is 0 Å². The second kappa shape index (κ2) is 9.03. The van der Waals surface area contributed by atoms with Gasteiger partial charge in [0.05, 0.1) is 18.7 Å². The van der Waals surface area contributed by atoms with Crippen molar-refractivity contribution in [3.8, 4) is 5.75 Å². The van der Waals surface area contributed by atoms with Gasteiger partial charge in [0.1, 0.15) is 5.75 Å². The summed E-state index contributed by atoms with van der Waals surface area (Å²) in [5, 5.41) is 9.22. The first kappa shape index (κ1) is 18.7. The summed E-state index contributed by atoms with van der Waals surface area (Å²) in [7, 11) is 1.58. The number of piperidine rings is 1. The summed E-state index contributed by atoms with van der Waals surface area (Å²) in [4.78, 5) is 25.0. The Balaban J connectivity index is 1.67. The molecular formula is C20H29N3O3. The van der Waals surface area contributed by atoms with Gasteiger partial charge in [-0.25, -0.2) is 0 Å². The number of methoxy groups -OCH3 is 1. The van der Waals surface area contributed by atoms with Crippen LogP contribution in [0.4, 0.5) is 11.4 Å². The molecule has 1 aliphatic heterocycles. The summed E-state index contributed by atoms with van der Waals surface area (Å²) in [6.45, 7) is 1.69. The molecule has 142 valence electrons. The van der Waals surface area contributed by atoms with Crippen molar-refractivity contribution in [1.29, 1.82) is 0 Å². The van der Waals surface area contributed by atoms with Crippen LogP contribution in [-0.2, 0) is 9.59 Å². The third-order valence-electron chi connectivity index (χ3n) is 5.37. The van der Waals surface area contributed by atoms with Gasteiger partial charge in [-0.05, 0) is 50.4 Å². The Hall–Kier alpha value is -2.08. The lowest BCUT2D eigenvalue weighted by molar-refractivity contribution is -0.121. The molecule has 6 nitrogen and oxygen atoms in total. The molecule has 1 atom stereocenters. The average molecular weight is 359 g/mol. The van der Waals surface area contributed by atoms with E-state index in [1.165, 1.54) is 6.42 Å². The highest BCUT2D eigenvalue weighted by atomic mass is 16.5. The van der Waals surface area contributed by atoms with Crippen molar-refractivity contribution in [2.75, 3.05) is 30.8 Å². The Morgan fingerprint density at radius 2 is 1.73 bits per heavy atom. The second-order valence-electron chi connectivity index (χ2n) is 7.27. The largest absolute Gasteiger partial charge is 0.495 e. The lowest BCUT2D eigenvalue weighted by Crippen LogP contribution is -2.37. The molecule has 0 bridgehead atoms. The van der Waals surface area contributed by atoms with Crippen LogP contribution in [0.2, 0.25) is 0 Å². The molecule has 0 radical (unpaired) electrons. The molecule has 0 spiro atoms. The lowest BCUT2D eigenvalue weighted by atomic mass is 9.88. The molecule has 26 heavy (non-hydrogen) atoms. The highest BCUT2D eigenvalue weighted by molar-refractivity contribution is 5.97. The van der Waals surface area contributed by atoms with Crippen LogP contribution in [0.3, 0.4) is 0 Å². The Bertz CT molecular complexity index is 635. The zero-order valence-electron chi connectivity index (χ0n) is 15.5. The Morgan fingerprint density at radius 1 is 1.00 bits per heavy atom. The molecule has 3 N–H and O–H groups in total. The van der Waals surface area contributed by atoms with Gasteiger partial charge < -0.3 is 20.7 Å². The third-order valence-corrected chi connectivity index (χ3v) is 5.37. The molecule has 1 saturated heterocycles. The maximum Gasteiger partial charge on any atom is 0.228 e. The van der Waals surface area contributed by atoms with Gasteiger partial charge >= 0.3 is 0 Å². The zero-order valence-corrected chi connectivity index (χ0v) is 15.5. The predicted octanol–water partition coefficient (Wildman–Crippen LogP) is 3.15. The number of amides is 2. The SMILES string of the molecule is COc1ccc(NC(=O)C2CCCNC2)cc1NC(=O)C1CCCCC1. The minimum Gasteiger partial charge on any atom is -0.495 e. The van der Waals surface area contributed by atoms with E-state index in [4.69, 9.17) is 4.74 Å². The van der Waals surface area contributed by atoms with Crippen molar-refractivity contribution >= 4 is 23.2 Å². The first-order valence-corrected chi connectivity index (χ1v) is 9.68. The first-order chi connectivity index (χ1) is 12.7. The van der Waals surface area contributed by atoms with Gasteiger partial charge in [-0.2, -0.15) is 0 Å². The van der Waals surface area contributed by atoms with Crippen LogP contribution in [0.1, 0.15) is 44.9 Å². The summed E-state index contributed by atoms with van der Waals surface area (Å²) >= 11 is 0. The number of rotatable bonds is 5. The summed E-state index contributed by atoms with van der Waals surface area (Å²) in [6, 6.07) is 5.38. The molecule has 3 rings (SSSR count). The highest BCUT2D eigenvalue weighted by Gasteiger charge is 2.23. The van der Waals surface area contributed by atoms with E-state index in [1.54, 1.807) is 19.2 Å². The Labute approximate surface area is 155 Å². The van der Waals surface area contributed by atoms with Crippen molar-refractivity contribution in [3.05, 3.63) is 18.2 Å². The van der Waals surface area contributed by atoms with Crippen LogP contribution in [0.15, 0.2) is 18.2 Å². The summed E-state index contributed by atoms with van der Waals surface area (Å²) in [5.74, 6) is 0.729. The fraction of sp³-hybridized carbons (Fsp3) is 0.600. The number of hydrogen-bond donors (Lipinski definition) is 3. The van der Waals surface area contributed by atoms with Gasteiger partial charge in [0.15, 0.2) is 0 Å². The minimum atomic E-state index is -0.00821. The van der Waals surface area contributed by atoms with E-state index in [0.717, 1.165) is 45.1 Å². The Morgan fingerprint density at radius 3 is 2.42 bits per heavy atom. The van der Waals surface area contributed by atoms with E-state index in [-0.39, 0.29) is 23.7 Å². The van der Waals surface area contributed by atoms with Crippen molar-refractivity contribution in [2.45, 2.75) is 44.9 Å². The van der Waals surface area contributed by atoms with Crippen LogP contribution in [0.25, 0.3) is 0 Å². The van der Waals surface area contributed by atoms with Gasteiger partial charge in [-0.15, -0.1) is 0 Å². The number of hydrogen-bond acceptors (Lipinski definition) is 4. The number of carbonyl (C=O) groups excluding carboxylic acids is 2. The van der Waals surface area contributed by atoms with Gasteiger partial charge in [-0.3, -0.25) is 9.59 Å². The summed E-state index contributed by atoms with van der Waals surface area (Å²) < 4.78 is 5.37. The van der Waals surface area contributed by atoms with Crippen LogP contribution in [-0.4, -0.2) is 32.0 Å². The van der Waals surface area contributed by atoms with Crippen molar-refractivity contribution in [2.24, 2.45) is 11.8 Å². The van der Waals surface area contributed by atoms with E-state index >= 15 is 0 Å². The lowest BCUT2D eigenvalue weighted by Gasteiger charge is -2.23. The van der Waals surface area contributed by atoms with E-state index in [1.807, 2.05) is 6.07 Å². The second-order valence-corrected chi connectivity index (χ2v) is 7.27. The number of nitrogens with one attached hydrogen (secondary N) is 3. The zero-order chi connectivity index (χ0) is 18.4. The topological polar surface area (TPSA) is 79.5 Å². The van der Waals surface area contributed by atoms with Crippen LogP contribution in [0, 0.1) is 11.8 Å². The van der Waals surface area contributed by atoms with E-state index in [9.17, 15) is 9.59 Å². The number of anilines is 2. The molecule has 2 fully saturated rings. The van der Waals surface area contributed by atoms with Crippen LogP contribution in [0.5, 0.6) is 5.75 Å². The fourth-order valence-electron chi connectivity index (χ4n) is 3.80. The molecule has 1 saturated carbocycles. The maximum absolute atomic E-state index is 12.6. The molecule has 6 heteroatoms. The molecule has 1 aromatic carbocycles. The fourth-order valence-corrected chi connectivity index (χ4v) is 3.80. The van der Waals surface area contributed by atoms with E-state index < -0.39 is 0 Å². The smallest absolute Gasteiger partial charge is 0.228 e. The third kappa shape index (κ3) is 4.75. The average Bonchev–Trinajstić information content (AvgIpc) is 2.69. The van der Waals surface area contributed by atoms with E-state index in [2.05, 4.69) is 16.0 Å². The standard InChI is InChI=1S/C20H29N3O3/c1-26-18-10-9-16(22-20(25)15-8-5-11-21-13-15)12-17(18)23-19(24)14-6-3-2-4-7-14/h9-10,12,14-15,21H,2-8,11,13H2,1H3,(H,22,25)(H,23,24). The number of benzene rings is 1. The van der Waals surface area contributed by atoms with E-state index in [0.29, 0.717) is 23.7 Å². The van der Waals surface area contributed by atoms with Gasteiger partial charge in [0.25, 0.3) is 0 Å². The van der Waals surface area contributed by atoms with Crippen molar-refractivity contribution in [1.82, 2.24) is 5.32 Å². The monoisotopic (exact) mass is 359 g/mol. The van der Waals surface area contributed by atoms with Crippen molar-refractivity contribution in [3.63, 3.8) is 0 Å². The molecule has 2 amide bonds. The molecule has 1 aromatic rings. The quantitative estimate of drug-likeness (QED) is 0.754. The van der Waals surface area contributed by atoms with Gasteiger partial charge in [-0.1, -0.05) is 19.3 Å². The van der Waals surface area contributed by atoms with Gasteiger partial charge in [0, 0.05) is 18.2 Å². The maximum atomic E-state index is 12.6. The normalized spacial score (nSPS) is 21.0. The summed E-state index contributed by atoms with van der Waals surface area (Å²) in [6.07, 6.45) is 7.24. The molecule has 1 aliphatic carbocycles. The first-order valence-electron chi connectivity index (χ1n) is 9.68. The van der Waals surface area contributed by atoms with Crippen molar-refractivity contribution < 1.29 is 14.3 Å². The number of carbonyl (C=O) groups is 2.